The molecule has 5 nitrogen and oxygen atoms in total. The van der Waals surface area contributed by atoms with Gasteiger partial charge in [-0.2, -0.15) is 4.98 Å². The van der Waals surface area contributed by atoms with Crippen LogP contribution in [0, 0.1) is 0 Å². The van der Waals surface area contributed by atoms with Crippen LogP contribution in [0.4, 0.5) is 4.79 Å². The quantitative estimate of drug-likeness (QED) is 0.743. The van der Waals surface area contributed by atoms with Crippen LogP contribution in [-0.4, -0.2) is 23.4 Å². The highest BCUT2D eigenvalue weighted by atomic mass is 35.5. The fraction of sp³-hybridized carbons (Fsp3) is 0.143. The molecule has 0 bridgehead atoms. The van der Waals surface area contributed by atoms with Crippen LogP contribution in [0.2, 0.25) is 5.02 Å². The number of ether oxygens (including phenoxy) is 2. The summed E-state index contributed by atoms with van der Waals surface area (Å²) in [6.45, 7) is 0. The van der Waals surface area contributed by atoms with Gasteiger partial charge in [-0.3, -0.25) is 0 Å². The van der Waals surface area contributed by atoms with E-state index in [9.17, 15) is 4.79 Å². The van der Waals surface area contributed by atoms with Crippen LogP contribution in [0.25, 0.3) is 0 Å². The number of nitrogens with zero attached hydrogens (tertiary/aromatic N) is 1. The second kappa shape index (κ2) is 3.95. The Bertz CT molecular complexity index is 328. The minimum atomic E-state index is -1.45. The van der Waals surface area contributed by atoms with Gasteiger partial charge in [0, 0.05) is 12.1 Å². The van der Waals surface area contributed by atoms with Crippen molar-refractivity contribution >= 4 is 17.8 Å². The first-order chi connectivity index (χ1) is 6.11. The molecule has 1 rings (SSSR count). The molecule has 6 heteroatoms. The molecule has 0 aliphatic rings. The third kappa shape index (κ3) is 2.79. The lowest BCUT2D eigenvalue weighted by Crippen LogP contribution is -2.04. The maximum atomic E-state index is 10.1. The Labute approximate surface area is 78.9 Å². The zero-order valence-corrected chi connectivity index (χ0v) is 7.41. The first-order valence-electron chi connectivity index (χ1n) is 3.24. The molecule has 1 aromatic rings. The van der Waals surface area contributed by atoms with E-state index in [4.69, 9.17) is 21.4 Å². The summed E-state index contributed by atoms with van der Waals surface area (Å²) < 4.78 is 9.03. The van der Waals surface area contributed by atoms with Crippen molar-refractivity contribution in [3.8, 4) is 11.8 Å². The summed E-state index contributed by atoms with van der Waals surface area (Å²) >= 11 is 5.62. The highest BCUT2D eigenvalue weighted by Gasteiger charge is 2.05. The second-order valence-corrected chi connectivity index (χ2v) is 2.47. The Morgan fingerprint density at radius 2 is 2.15 bits per heavy atom. The van der Waals surface area contributed by atoms with Crippen molar-refractivity contribution in [3.05, 3.63) is 17.2 Å². The van der Waals surface area contributed by atoms with Gasteiger partial charge in [-0.05, 0) is 0 Å². The zero-order chi connectivity index (χ0) is 9.84. The van der Waals surface area contributed by atoms with E-state index in [1.54, 1.807) is 0 Å². The van der Waals surface area contributed by atoms with E-state index in [1.165, 1.54) is 19.2 Å². The lowest BCUT2D eigenvalue weighted by atomic mass is 10.5. The number of carboxylic acid groups (broad SMARTS) is 1. The SMILES string of the molecule is COc1cc(Cl)cc(OC(=O)O)n1. The molecule has 0 amide bonds. The van der Waals surface area contributed by atoms with Gasteiger partial charge in [0.2, 0.25) is 11.8 Å². The number of carbonyl (C=O) groups is 1. The van der Waals surface area contributed by atoms with Crippen LogP contribution in [0.15, 0.2) is 12.1 Å². The predicted octanol–water partition coefficient (Wildman–Crippen LogP) is 1.80. The molecule has 0 aliphatic heterocycles. The van der Waals surface area contributed by atoms with Crippen molar-refractivity contribution in [3.63, 3.8) is 0 Å². The molecule has 0 unspecified atom stereocenters. The maximum Gasteiger partial charge on any atom is 0.512 e. The highest BCUT2D eigenvalue weighted by molar-refractivity contribution is 6.30. The van der Waals surface area contributed by atoms with Gasteiger partial charge < -0.3 is 14.6 Å². The largest absolute Gasteiger partial charge is 0.512 e. The van der Waals surface area contributed by atoms with Crippen molar-refractivity contribution < 1.29 is 19.4 Å². The van der Waals surface area contributed by atoms with Crippen LogP contribution in [0.1, 0.15) is 0 Å². The topological polar surface area (TPSA) is 68.7 Å². The van der Waals surface area contributed by atoms with E-state index in [1.807, 2.05) is 0 Å². The second-order valence-electron chi connectivity index (χ2n) is 2.03. The number of methoxy groups -OCH3 is 1. The van der Waals surface area contributed by atoms with E-state index in [-0.39, 0.29) is 11.8 Å². The molecule has 1 heterocycles. The smallest absolute Gasteiger partial charge is 0.481 e. The van der Waals surface area contributed by atoms with Gasteiger partial charge >= 0.3 is 6.16 Å². The Hall–Kier alpha value is -1.49. The van der Waals surface area contributed by atoms with Gasteiger partial charge in [0.25, 0.3) is 0 Å². The van der Waals surface area contributed by atoms with Gasteiger partial charge in [-0.15, -0.1) is 0 Å². The molecule has 1 N–H and O–H groups in total. The zero-order valence-electron chi connectivity index (χ0n) is 6.65. The van der Waals surface area contributed by atoms with Crippen LogP contribution in [-0.2, 0) is 0 Å². The summed E-state index contributed by atoms with van der Waals surface area (Å²) in [6, 6.07) is 2.72. The molecule has 0 radical (unpaired) electrons. The summed E-state index contributed by atoms with van der Waals surface area (Å²) in [6.07, 6.45) is -1.45. The lowest BCUT2D eigenvalue weighted by Gasteiger charge is -2.02. The number of pyridine rings is 1. The Balaban J connectivity index is 2.94. The molecule has 0 saturated heterocycles. The van der Waals surface area contributed by atoms with Crippen LogP contribution in [0.5, 0.6) is 11.8 Å². The molecule has 70 valence electrons. The van der Waals surface area contributed by atoms with Gasteiger partial charge in [-0.25, -0.2) is 4.79 Å². The van der Waals surface area contributed by atoms with Crippen molar-refractivity contribution in [1.82, 2.24) is 4.98 Å². The highest BCUT2D eigenvalue weighted by Crippen LogP contribution is 2.21. The lowest BCUT2D eigenvalue weighted by molar-refractivity contribution is 0.142. The van der Waals surface area contributed by atoms with E-state index < -0.39 is 6.16 Å². The van der Waals surface area contributed by atoms with Crippen LogP contribution >= 0.6 is 11.6 Å². The van der Waals surface area contributed by atoms with E-state index in [0.29, 0.717) is 5.02 Å². The predicted molar refractivity (Wildman–Crippen MR) is 44.5 cm³/mol. The number of halogens is 1. The van der Waals surface area contributed by atoms with Crippen LogP contribution < -0.4 is 9.47 Å². The first-order valence-corrected chi connectivity index (χ1v) is 3.62. The third-order valence-corrected chi connectivity index (χ3v) is 1.36. The molecule has 1 aromatic heterocycles. The molecule has 0 saturated carbocycles. The van der Waals surface area contributed by atoms with E-state index in [0.717, 1.165) is 0 Å². The number of rotatable bonds is 2. The standard InChI is InChI=1S/C7H6ClNO4/c1-12-5-2-4(8)3-6(9-5)13-7(10)11/h2-3H,1H3,(H,10,11). The van der Waals surface area contributed by atoms with Gasteiger partial charge in [0.15, 0.2) is 0 Å². The minimum Gasteiger partial charge on any atom is -0.481 e. The number of hydrogen-bond donors (Lipinski definition) is 1. The Morgan fingerprint density at radius 1 is 1.54 bits per heavy atom. The van der Waals surface area contributed by atoms with Crippen molar-refractivity contribution in [2.75, 3.05) is 7.11 Å². The van der Waals surface area contributed by atoms with Gasteiger partial charge in [0.1, 0.15) is 0 Å². The average molecular weight is 204 g/mol. The maximum absolute atomic E-state index is 10.1. The third-order valence-electron chi connectivity index (χ3n) is 1.14. The monoisotopic (exact) mass is 203 g/mol. The summed E-state index contributed by atoms with van der Waals surface area (Å²) in [5.74, 6) is 0.0839. The van der Waals surface area contributed by atoms with Crippen molar-refractivity contribution in [2.24, 2.45) is 0 Å². The normalized spacial score (nSPS) is 9.38. The fourth-order valence-corrected chi connectivity index (χ4v) is 0.884. The first kappa shape index (κ1) is 9.60. The molecule has 0 fully saturated rings. The Kier molecular flexibility index (Phi) is 2.92. The molecule has 0 spiro atoms. The fourth-order valence-electron chi connectivity index (χ4n) is 0.697. The average Bonchev–Trinajstić information content (AvgIpc) is 2.01. The van der Waals surface area contributed by atoms with E-state index >= 15 is 0 Å². The molecular weight excluding hydrogens is 198 g/mol. The summed E-state index contributed by atoms with van der Waals surface area (Å²) in [5, 5.41) is 8.57. The van der Waals surface area contributed by atoms with E-state index in [2.05, 4.69) is 9.72 Å². The summed E-state index contributed by atoms with van der Waals surface area (Å²) in [4.78, 5) is 13.8. The van der Waals surface area contributed by atoms with Crippen molar-refractivity contribution in [1.29, 1.82) is 0 Å². The Morgan fingerprint density at radius 3 is 2.69 bits per heavy atom. The molecule has 13 heavy (non-hydrogen) atoms. The number of hydrogen-bond acceptors (Lipinski definition) is 4. The molecular formula is C7H6ClNO4. The summed E-state index contributed by atoms with van der Waals surface area (Å²) in [5.41, 5.74) is 0. The molecule has 0 aliphatic carbocycles. The van der Waals surface area contributed by atoms with Crippen molar-refractivity contribution in [2.45, 2.75) is 0 Å². The van der Waals surface area contributed by atoms with Gasteiger partial charge in [0.05, 0.1) is 12.1 Å². The van der Waals surface area contributed by atoms with Gasteiger partial charge in [-0.1, -0.05) is 11.6 Å². The van der Waals surface area contributed by atoms with Crippen LogP contribution in [0.3, 0.4) is 0 Å². The summed E-state index contributed by atoms with van der Waals surface area (Å²) in [7, 11) is 1.39. The minimum absolute atomic E-state index is 0.114. The molecule has 0 atom stereocenters. The number of aromatic nitrogens is 1. The molecule has 0 aromatic carbocycles.